The van der Waals surface area contributed by atoms with Crippen LogP contribution in [0.3, 0.4) is 0 Å². The van der Waals surface area contributed by atoms with Crippen molar-refractivity contribution in [1.29, 1.82) is 0 Å². The van der Waals surface area contributed by atoms with Crippen LogP contribution in [-0.4, -0.2) is 16.1 Å². The van der Waals surface area contributed by atoms with Gasteiger partial charge in [-0.2, -0.15) is 0 Å². The number of rotatable bonds is 4. The molecule has 2 rings (SSSR count). The number of carbonyl (C=O) groups is 1. The monoisotopic (exact) mass is 246 g/mol. The predicted octanol–water partition coefficient (Wildman–Crippen LogP) is 2.60. The van der Waals surface area contributed by atoms with Gasteiger partial charge in [0, 0.05) is 5.69 Å². The molecule has 0 bridgehead atoms. The Morgan fingerprint density at radius 2 is 2.22 bits per heavy atom. The summed E-state index contributed by atoms with van der Waals surface area (Å²) < 4.78 is 5.06. The van der Waals surface area contributed by atoms with Gasteiger partial charge in [0.2, 0.25) is 5.89 Å². The zero-order chi connectivity index (χ0) is 13.1. The summed E-state index contributed by atoms with van der Waals surface area (Å²) in [5, 5.41) is 11.9. The van der Waals surface area contributed by atoms with Gasteiger partial charge in [-0.05, 0) is 31.0 Å². The molecular weight excluding hydrogens is 232 g/mol. The van der Waals surface area contributed by atoms with Crippen LogP contribution < -0.4 is 5.32 Å². The molecule has 0 saturated heterocycles. The fourth-order valence-electron chi connectivity index (χ4n) is 1.60. The fourth-order valence-corrected chi connectivity index (χ4v) is 1.60. The fraction of sp³-hybridized carbons (Fsp3) is 0.231. The Morgan fingerprint density at radius 3 is 2.89 bits per heavy atom. The predicted molar refractivity (Wildman–Crippen MR) is 66.7 cm³/mol. The summed E-state index contributed by atoms with van der Waals surface area (Å²) >= 11 is 0. The van der Waals surface area contributed by atoms with Gasteiger partial charge in [0.1, 0.15) is 6.26 Å². The zero-order valence-corrected chi connectivity index (χ0v) is 10.2. The number of anilines is 1. The van der Waals surface area contributed by atoms with Gasteiger partial charge in [0.05, 0.1) is 6.54 Å². The minimum Gasteiger partial charge on any atom is -0.476 e. The van der Waals surface area contributed by atoms with E-state index in [1.807, 2.05) is 32.0 Å². The van der Waals surface area contributed by atoms with Crippen LogP contribution in [0, 0.1) is 13.8 Å². The molecule has 0 amide bonds. The maximum Gasteiger partial charge on any atom is 0.357 e. The average Bonchev–Trinajstić information content (AvgIpc) is 2.80. The molecule has 5 heteroatoms. The van der Waals surface area contributed by atoms with Crippen LogP contribution in [0.1, 0.15) is 27.5 Å². The molecule has 0 aliphatic heterocycles. The van der Waals surface area contributed by atoms with Crippen LogP contribution in [0.15, 0.2) is 28.9 Å². The number of hydrogen-bond acceptors (Lipinski definition) is 4. The normalized spacial score (nSPS) is 10.3. The van der Waals surface area contributed by atoms with Gasteiger partial charge >= 0.3 is 5.97 Å². The number of benzene rings is 1. The van der Waals surface area contributed by atoms with Gasteiger partial charge < -0.3 is 14.8 Å². The van der Waals surface area contributed by atoms with Gasteiger partial charge in [-0.1, -0.05) is 12.1 Å². The lowest BCUT2D eigenvalue weighted by molar-refractivity contribution is 0.0690. The molecule has 0 atom stereocenters. The van der Waals surface area contributed by atoms with Gasteiger partial charge in [0.25, 0.3) is 0 Å². The summed E-state index contributed by atoms with van der Waals surface area (Å²) in [6.45, 7) is 4.42. The van der Waals surface area contributed by atoms with Crippen LogP contribution in [-0.2, 0) is 6.54 Å². The highest BCUT2D eigenvalue weighted by Crippen LogP contribution is 2.18. The quantitative estimate of drug-likeness (QED) is 0.867. The van der Waals surface area contributed by atoms with Crippen molar-refractivity contribution in [2.24, 2.45) is 0 Å². The molecule has 0 spiro atoms. The number of nitrogens with one attached hydrogen (secondary N) is 1. The molecule has 2 aromatic rings. The lowest BCUT2D eigenvalue weighted by atomic mass is 10.1. The SMILES string of the molecule is Cc1cccc(NCc2nc(C(=O)O)co2)c1C. The topological polar surface area (TPSA) is 75.4 Å². The number of hydrogen-bond donors (Lipinski definition) is 2. The number of aromatic nitrogens is 1. The van der Waals surface area contributed by atoms with E-state index in [1.54, 1.807) is 0 Å². The Balaban J connectivity index is 2.07. The third-order valence-electron chi connectivity index (χ3n) is 2.81. The van der Waals surface area contributed by atoms with Crippen molar-refractivity contribution in [3.05, 3.63) is 47.2 Å². The molecular formula is C13H14N2O3. The maximum absolute atomic E-state index is 10.6. The molecule has 0 unspecified atom stereocenters. The molecule has 0 aliphatic carbocycles. The van der Waals surface area contributed by atoms with Crippen molar-refractivity contribution < 1.29 is 14.3 Å². The van der Waals surface area contributed by atoms with Crippen molar-refractivity contribution in [3.63, 3.8) is 0 Å². The molecule has 0 radical (unpaired) electrons. The molecule has 94 valence electrons. The third-order valence-corrected chi connectivity index (χ3v) is 2.81. The molecule has 5 nitrogen and oxygen atoms in total. The molecule has 0 aliphatic rings. The van der Waals surface area contributed by atoms with Gasteiger partial charge in [-0.3, -0.25) is 0 Å². The molecule has 1 heterocycles. The highest BCUT2D eigenvalue weighted by atomic mass is 16.4. The van der Waals surface area contributed by atoms with Gasteiger partial charge in [-0.15, -0.1) is 0 Å². The van der Waals surface area contributed by atoms with Crippen molar-refractivity contribution in [2.75, 3.05) is 5.32 Å². The molecule has 2 N–H and O–H groups in total. The van der Waals surface area contributed by atoms with E-state index in [-0.39, 0.29) is 5.69 Å². The van der Waals surface area contributed by atoms with Gasteiger partial charge in [-0.25, -0.2) is 9.78 Å². The van der Waals surface area contributed by atoms with Crippen LogP contribution in [0.25, 0.3) is 0 Å². The molecule has 1 aromatic heterocycles. The maximum atomic E-state index is 10.6. The van der Waals surface area contributed by atoms with Crippen molar-refractivity contribution in [1.82, 2.24) is 4.98 Å². The Kier molecular flexibility index (Phi) is 3.32. The van der Waals surface area contributed by atoms with E-state index in [4.69, 9.17) is 9.52 Å². The van der Waals surface area contributed by atoms with E-state index in [9.17, 15) is 4.79 Å². The number of nitrogens with zero attached hydrogens (tertiary/aromatic N) is 1. The molecule has 18 heavy (non-hydrogen) atoms. The van der Waals surface area contributed by atoms with Gasteiger partial charge in [0.15, 0.2) is 5.69 Å². The van der Waals surface area contributed by atoms with E-state index in [0.29, 0.717) is 12.4 Å². The average molecular weight is 246 g/mol. The first-order chi connectivity index (χ1) is 8.58. The van der Waals surface area contributed by atoms with Crippen LogP contribution >= 0.6 is 0 Å². The van der Waals surface area contributed by atoms with E-state index >= 15 is 0 Å². The van der Waals surface area contributed by atoms with Crippen molar-refractivity contribution in [2.45, 2.75) is 20.4 Å². The second kappa shape index (κ2) is 4.91. The molecule has 0 saturated carbocycles. The van der Waals surface area contributed by atoms with E-state index in [1.165, 1.54) is 5.56 Å². The number of carboxylic acids is 1. The Bertz CT molecular complexity index is 575. The molecule has 1 aromatic carbocycles. The minimum atomic E-state index is -1.09. The largest absolute Gasteiger partial charge is 0.476 e. The summed E-state index contributed by atoms with van der Waals surface area (Å²) in [6, 6.07) is 5.96. The summed E-state index contributed by atoms with van der Waals surface area (Å²) in [7, 11) is 0. The lowest BCUT2D eigenvalue weighted by Crippen LogP contribution is -2.03. The number of carboxylic acid groups (broad SMARTS) is 1. The molecule has 0 fully saturated rings. The first kappa shape index (κ1) is 12.2. The first-order valence-corrected chi connectivity index (χ1v) is 5.55. The van der Waals surface area contributed by atoms with Crippen LogP contribution in [0.5, 0.6) is 0 Å². The summed E-state index contributed by atoms with van der Waals surface area (Å²) in [6.07, 6.45) is 1.14. The summed E-state index contributed by atoms with van der Waals surface area (Å²) in [5.41, 5.74) is 3.26. The Labute approximate surface area is 104 Å². The number of oxazole rings is 1. The van der Waals surface area contributed by atoms with Crippen LogP contribution in [0.2, 0.25) is 0 Å². The Morgan fingerprint density at radius 1 is 1.44 bits per heavy atom. The zero-order valence-electron chi connectivity index (χ0n) is 10.2. The first-order valence-electron chi connectivity index (χ1n) is 5.55. The smallest absolute Gasteiger partial charge is 0.357 e. The standard InChI is InChI=1S/C13H14N2O3/c1-8-4-3-5-10(9(8)2)14-6-12-15-11(7-18-12)13(16)17/h3-5,7,14H,6H2,1-2H3,(H,16,17). The lowest BCUT2D eigenvalue weighted by Gasteiger charge is -2.09. The second-order valence-corrected chi connectivity index (χ2v) is 4.03. The minimum absolute atomic E-state index is 0.0761. The summed E-state index contributed by atoms with van der Waals surface area (Å²) in [4.78, 5) is 14.5. The van der Waals surface area contributed by atoms with Crippen molar-refractivity contribution >= 4 is 11.7 Å². The highest BCUT2D eigenvalue weighted by molar-refractivity contribution is 5.84. The van der Waals surface area contributed by atoms with Crippen LogP contribution in [0.4, 0.5) is 5.69 Å². The summed E-state index contributed by atoms with van der Waals surface area (Å²) in [5.74, 6) is -0.731. The highest BCUT2D eigenvalue weighted by Gasteiger charge is 2.10. The van der Waals surface area contributed by atoms with E-state index in [0.717, 1.165) is 17.5 Å². The number of aryl methyl sites for hydroxylation is 1. The third kappa shape index (κ3) is 2.51. The second-order valence-electron chi connectivity index (χ2n) is 4.03. The Hall–Kier alpha value is -2.30. The van der Waals surface area contributed by atoms with E-state index < -0.39 is 5.97 Å². The number of aromatic carboxylic acids is 1. The van der Waals surface area contributed by atoms with Crippen molar-refractivity contribution in [3.8, 4) is 0 Å². The van der Waals surface area contributed by atoms with E-state index in [2.05, 4.69) is 10.3 Å².